The van der Waals surface area contributed by atoms with E-state index in [-0.39, 0.29) is 5.54 Å². The van der Waals surface area contributed by atoms with Crippen molar-refractivity contribution in [1.82, 2.24) is 4.90 Å². The lowest BCUT2D eigenvalue weighted by molar-refractivity contribution is 0.0649. The van der Waals surface area contributed by atoms with Gasteiger partial charge in [0.15, 0.2) is 0 Å². The third-order valence-electron chi connectivity index (χ3n) is 3.42. The van der Waals surface area contributed by atoms with Crippen LogP contribution in [-0.4, -0.2) is 23.0 Å². The Morgan fingerprint density at radius 1 is 1.50 bits per heavy atom. The highest BCUT2D eigenvalue weighted by molar-refractivity contribution is 7.09. The van der Waals surface area contributed by atoms with E-state index in [0.717, 1.165) is 13.0 Å². The molecule has 0 saturated heterocycles. The van der Waals surface area contributed by atoms with Crippen LogP contribution in [-0.2, 0) is 6.54 Å². The Morgan fingerprint density at radius 3 is 2.56 bits per heavy atom. The van der Waals surface area contributed by atoms with Crippen molar-refractivity contribution in [3.63, 3.8) is 0 Å². The van der Waals surface area contributed by atoms with E-state index >= 15 is 0 Å². The zero-order valence-electron chi connectivity index (χ0n) is 10.9. The molecule has 1 atom stereocenters. The summed E-state index contributed by atoms with van der Waals surface area (Å²) in [6, 6.07) is 4.84. The average molecular weight is 240 g/mol. The highest BCUT2D eigenvalue weighted by atomic mass is 32.1. The summed E-state index contributed by atoms with van der Waals surface area (Å²) < 4.78 is 0. The zero-order chi connectivity index (χ0) is 12.2. The minimum absolute atomic E-state index is 0.109. The number of rotatable bonds is 6. The highest BCUT2D eigenvalue weighted by Crippen LogP contribution is 2.25. The van der Waals surface area contributed by atoms with Gasteiger partial charge in [-0.3, -0.25) is 4.90 Å². The molecule has 0 aliphatic heterocycles. The van der Waals surface area contributed by atoms with Gasteiger partial charge < -0.3 is 5.73 Å². The second-order valence-corrected chi connectivity index (χ2v) is 5.89. The first kappa shape index (κ1) is 13.7. The molecule has 0 radical (unpaired) electrons. The van der Waals surface area contributed by atoms with Gasteiger partial charge in [0, 0.05) is 29.5 Å². The van der Waals surface area contributed by atoms with Gasteiger partial charge in [-0.25, -0.2) is 0 Å². The van der Waals surface area contributed by atoms with Crippen molar-refractivity contribution in [3.05, 3.63) is 22.4 Å². The summed E-state index contributed by atoms with van der Waals surface area (Å²) in [6.45, 7) is 10.7. The van der Waals surface area contributed by atoms with Crippen LogP contribution in [0.3, 0.4) is 0 Å². The van der Waals surface area contributed by atoms with Gasteiger partial charge in [-0.05, 0) is 38.6 Å². The van der Waals surface area contributed by atoms with Crippen molar-refractivity contribution in [2.24, 2.45) is 5.73 Å². The molecule has 1 rings (SSSR count). The molecule has 16 heavy (non-hydrogen) atoms. The van der Waals surface area contributed by atoms with Crippen molar-refractivity contribution in [1.29, 1.82) is 0 Å². The summed E-state index contributed by atoms with van der Waals surface area (Å²) in [5, 5.41) is 2.14. The van der Waals surface area contributed by atoms with E-state index in [9.17, 15) is 0 Å². The quantitative estimate of drug-likeness (QED) is 0.828. The lowest BCUT2D eigenvalue weighted by atomic mass is 9.94. The van der Waals surface area contributed by atoms with E-state index in [0.29, 0.717) is 12.6 Å². The molecule has 2 N–H and O–H groups in total. The molecule has 0 bridgehead atoms. The van der Waals surface area contributed by atoms with Gasteiger partial charge in [0.25, 0.3) is 0 Å². The Bertz CT molecular complexity index is 289. The second kappa shape index (κ2) is 5.80. The third-order valence-corrected chi connectivity index (χ3v) is 4.29. The molecule has 0 aliphatic carbocycles. The summed E-state index contributed by atoms with van der Waals surface area (Å²) in [6.07, 6.45) is 1.09. The van der Waals surface area contributed by atoms with E-state index in [1.165, 1.54) is 4.88 Å². The van der Waals surface area contributed by atoms with E-state index in [1.54, 1.807) is 0 Å². The Kier molecular flexibility index (Phi) is 4.96. The van der Waals surface area contributed by atoms with Gasteiger partial charge >= 0.3 is 0 Å². The SMILES string of the molecule is CCC(C)(CN)N(Cc1cccs1)C(C)C. The molecule has 0 spiro atoms. The summed E-state index contributed by atoms with van der Waals surface area (Å²) in [5.74, 6) is 0. The fourth-order valence-electron chi connectivity index (χ4n) is 2.03. The minimum Gasteiger partial charge on any atom is -0.329 e. The molecule has 0 aromatic carbocycles. The van der Waals surface area contributed by atoms with Crippen LogP contribution < -0.4 is 5.73 Å². The van der Waals surface area contributed by atoms with Crippen molar-refractivity contribution in [2.45, 2.75) is 52.2 Å². The van der Waals surface area contributed by atoms with Crippen LogP contribution >= 0.6 is 11.3 Å². The van der Waals surface area contributed by atoms with E-state index in [1.807, 2.05) is 11.3 Å². The summed E-state index contributed by atoms with van der Waals surface area (Å²) in [7, 11) is 0. The molecular formula is C13H24N2S. The first-order valence-corrected chi connectivity index (χ1v) is 6.90. The van der Waals surface area contributed by atoms with Crippen LogP contribution in [0.5, 0.6) is 0 Å². The molecule has 1 heterocycles. The molecule has 92 valence electrons. The molecular weight excluding hydrogens is 216 g/mol. The molecule has 1 unspecified atom stereocenters. The molecule has 3 heteroatoms. The van der Waals surface area contributed by atoms with Gasteiger partial charge in [-0.15, -0.1) is 11.3 Å². The van der Waals surface area contributed by atoms with Crippen molar-refractivity contribution in [3.8, 4) is 0 Å². The lowest BCUT2D eigenvalue weighted by Gasteiger charge is -2.42. The molecule has 1 aromatic heterocycles. The summed E-state index contributed by atoms with van der Waals surface area (Å²) >= 11 is 1.82. The average Bonchev–Trinajstić information content (AvgIpc) is 2.77. The molecule has 0 aliphatic rings. The zero-order valence-corrected chi connectivity index (χ0v) is 11.7. The predicted molar refractivity (Wildman–Crippen MR) is 72.7 cm³/mol. The predicted octanol–water partition coefficient (Wildman–Crippen LogP) is 3.09. The van der Waals surface area contributed by atoms with E-state index in [4.69, 9.17) is 5.73 Å². The minimum atomic E-state index is 0.109. The number of nitrogens with two attached hydrogens (primary N) is 1. The normalized spacial score (nSPS) is 15.7. The maximum absolute atomic E-state index is 5.95. The van der Waals surface area contributed by atoms with Crippen molar-refractivity contribution < 1.29 is 0 Å². The van der Waals surface area contributed by atoms with Crippen LogP contribution in [0.2, 0.25) is 0 Å². The number of hydrogen-bond donors (Lipinski definition) is 1. The Balaban J connectivity index is 2.82. The van der Waals surface area contributed by atoms with Crippen LogP contribution in [0.4, 0.5) is 0 Å². The molecule has 0 saturated carbocycles. The van der Waals surface area contributed by atoms with Crippen LogP contribution in [0, 0.1) is 0 Å². The standard InChI is InChI=1S/C13H24N2S/c1-5-13(4,10-14)15(11(2)3)9-12-7-6-8-16-12/h6-8,11H,5,9-10,14H2,1-4H3. The maximum Gasteiger partial charge on any atom is 0.0336 e. The smallest absolute Gasteiger partial charge is 0.0336 e. The van der Waals surface area contributed by atoms with Crippen molar-refractivity contribution in [2.75, 3.05) is 6.54 Å². The van der Waals surface area contributed by atoms with Gasteiger partial charge in [-0.2, -0.15) is 0 Å². The first-order chi connectivity index (χ1) is 7.53. The maximum atomic E-state index is 5.95. The van der Waals surface area contributed by atoms with Gasteiger partial charge in [-0.1, -0.05) is 13.0 Å². The topological polar surface area (TPSA) is 29.3 Å². The number of thiophene rings is 1. The Hall–Kier alpha value is -0.380. The second-order valence-electron chi connectivity index (χ2n) is 4.86. The largest absolute Gasteiger partial charge is 0.329 e. The molecule has 0 amide bonds. The van der Waals surface area contributed by atoms with Crippen LogP contribution in [0.15, 0.2) is 17.5 Å². The molecule has 0 fully saturated rings. The Morgan fingerprint density at radius 2 is 2.19 bits per heavy atom. The summed E-state index contributed by atoms with van der Waals surface area (Å²) in [4.78, 5) is 3.93. The van der Waals surface area contributed by atoms with Crippen LogP contribution in [0.1, 0.15) is 39.0 Å². The fraction of sp³-hybridized carbons (Fsp3) is 0.692. The lowest BCUT2D eigenvalue weighted by Crippen LogP contribution is -2.53. The van der Waals surface area contributed by atoms with Gasteiger partial charge in [0.2, 0.25) is 0 Å². The number of nitrogens with zero attached hydrogens (tertiary/aromatic N) is 1. The number of hydrogen-bond acceptors (Lipinski definition) is 3. The van der Waals surface area contributed by atoms with Crippen molar-refractivity contribution >= 4 is 11.3 Å². The Labute approximate surface area is 103 Å². The highest BCUT2D eigenvalue weighted by Gasteiger charge is 2.30. The molecule has 1 aromatic rings. The van der Waals surface area contributed by atoms with E-state index < -0.39 is 0 Å². The summed E-state index contributed by atoms with van der Waals surface area (Å²) in [5.41, 5.74) is 6.06. The first-order valence-electron chi connectivity index (χ1n) is 6.02. The van der Waals surface area contributed by atoms with E-state index in [2.05, 4.69) is 50.1 Å². The van der Waals surface area contributed by atoms with Crippen LogP contribution in [0.25, 0.3) is 0 Å². The van der Waals surface area contributed by atoms with Gasteiger partial charge in [0.05, 0.1) is 0 Å². The third kappa shape index (κ3) is 3.06. The molecule has 2 nitrogen and oxygen atoms in total. The monoisotopic (exact) mass is 240 g/mol. The van der Waals surface area contributed by atoms with Gasteiger partial charge in [0.1, 0.15) is 0 Å². The fourth-order valence-corrected chi connectivity index (χ4v) is 2.73.